The Labute approximate surface area is 85.7 Å². The second-order valence-electron chi connectivity index (χ2n) is 4.64. The topological polar surface area (TPSA) is 25.2 Å². The molecule has 0 aromatic carbocycles. The van der Waals surface area contributed by atoms with Crippen LogP contribution in [0.2, 0.25) is 0 Å². The van der Waals surface area contributed by atoms with Crippen LogP contribution in [0.3, 0.4) is 0 Å². The van der Waals surface area contributed by atoms with Gasteiger partial charge in [-0.05, 0) is 31.4 Å². The van der Waals surface area contributed by atoms with E-state index in [1.165, 1.54) is 31.2 Å². The van der Waals surface area contributed by atoms with Gasteiger partial charge in [0.15, 0.2) is 0 Å². The molecule has 2 rings (SSSR count). The molecule has 0 amide bonds. The van der Waals surface area contributed by atoms with E-state index in [0.717, 1.165) is 0 Å². The molecule has 2 nitrogen and oxygen atoms in total. The van der Waals surface area contributed by atoms with Crippen molar-refractivity contribution in [2.75, 3.05) is 7.05 Å². The van der Waals surface area contributed by atoms with E-state index >= 15 is 0 Å². The molecule has 0 radical (unpaired) electrons. The summed E-state index contributed by atoms with van der Waals surface area (Å²) >= 11 is 0. The molecule has 1 heterocycles. The van der Waals surface area contributed by atoms with Crippen LogP contribution in [0.25, 0.3) is 0 Å². The Kier molecular flexibility index (Phi) is 2.64. The lowest BCUT2D eigenvalue weighted by atomic mass is 9.78. The summed E-state index contributed by atoms with van der Waals surface area (Å²) in [5.41, 5.74) is 1.70. The van der Waals surface area contributed by atoms with Crippen LogP contribution < -0.4 is 5.32 Å². The molecule has 0 spiro atoms. The van der Waals surface area contributed by atoms with Gasteiger partial charge in [0, 0.05) is 11.6 Å². The normalized spacial score (nSPS) is 22.4. The van der Waals surface area contributed by atoms with E-state index in [4.69, 9.17) is 4.42 Å². The molecule has 14 heavy (non-hydrogen) atoms. The van der Waals surface area contributed by atoms with Gasteiger partial charge in [0.25, 0.3) is 0 Å². The van der Waals surface area contributed by atoms with Crippen LogP contribution in [-0.2, 0) is 0 Å². The van der Waals surface area contributed by atoms with E-state index in [9.17, 15) is 0 Å². The van der Waals surface area contributed by atoms with Crippen molar-refractivity contribution < 1.29 is 4.42 Å². The molecular formula is C12H19NO. The molecule has 1 aromatic heterocycles. The summed E-state index contributed by atoms with van der Waals surface area (Å²) in [7, 11) is 2.04. The second kappa shape index (κ2) is 3.77. The lowest BCUT2D eigenvalue weighted by molar-refractivity contribution is 0.233. The Balaban J connectivity index is 2.20. The Morgan fingerprint density at radius 2 is 2.14 bits per heavy atom. The van der Waals surface area contributed by atoms with Gasteiger partial charge in [0.1, 0.15) is 0 Å². The maximum absolute atomic E-state index is 5.16. The number of nitrogens with one attached hydrogen (secondary N) is 1. The fraction of sp³-hybridized carbons (Fsp3) is 0.667. The van der Waals surface area contributed by atoms with Crippen molar-refractivity contribution in [3.05, 3.63) is 24.2 Å². The third kappa shape index (κ3) is 1.59. The predicted octanol–water partition coefficient (Wildman–Crippen LogP) is 3.12. The molecular weight excluding hydrogens is 174 g/mol. The molecule has 2 heteroatoms. The van der Waals surface area contributed by atoms with Gasteiger partial charge in [-0.2, -0.15) is 0 Å². The Morgan fingerprint density at radius 3 is 2.64 bits per heavy atom. The summed E-state index contributed by atoms with van der Waals surface area (Å²) in [6, 6.07) is 2.52. The molecule has 1 aliphatic carbocycles. The quantitative estimate of drug-likeness (QED) is 0.798. The number of rotatable bonds is 3. The highest BCUT2D eigenvalue weighted by atomic mass is 16.3. The van der Waals surface area contributed by atoms with Crippen molar-refractivity contribution in [1.82, 2.24) is 5.32 Å². The lowest BCUT2D eigenvalue weighted by Crippen LogP contribution is -2.31. The summed E-state index contributed by atoms with van der Waals surface area (Å²) < 4.78 is 5.16. The zero-order valence-electron chi connectivity index (χ0n) is 9.05. The lowest BCUT2D eigenvalue weighted by Gasteiger charge is -2.33. The SMILES string of the molecule is CNC(c1ccoc1)C1(C)CCCC1. The zero-order valence-corrected chi connectivity index (χ0v) is 9.05. The first-order valence-electron chi connectivity index (χ1n) is 5.46. The van der Waals surface area contributed by atoms with E-state index in [-0.39, 0.29) is 0 Å². The molecule has 1 N–H and O–H groups in total. The smallest absolute Gasteiger partial charge is 0.0950 e. The largest absolute Gasteiger partial charge is 0.472 e. The third-order valence-corrected chi connectivity index (χ3v) is 3.61. The average Bonchev–Trinajstić information content (AvgIpc) is 2.78. The predicted molar refractivity (Wildman–Crippen MR) is 57.1 cm³/mol. The molecule has 0 aliphatic heterocycles. The van der Waals surface area contributed by atoms with Crippen molar-refractivity contribution >= 4 is 0 Å². The van der Waals surface area contributed by atoms with Gasteiger partial charge in [0.2, 0.25) is 0 Å². The van der Waals surface area contributed by atoms with E-state index in [1.54, 1.807) is 6.26 Å². The van der Waals surface area contributed by atoms with Crippen molar-refractivity contribution in [3.8, 4) is 0 Å². The first-order valence-corrected chi connectivity index (χ1v) is 5.46. The van der Waals surface area contributed by atoms with Gasteiger partial charge >= 0.3 is 0 Å². The Hall–Kier alpha value is -0.760. The van der Waals surface area contributed by atoms with E-state index < -0.39 is 0 Å². The molecule has 0 saturated heterocycles. The summed E-state index contributed by atoms with van der Waals surface area (Å²) in [4.78, 5) is 0. The van der Waals surface area contributed by atoms with E-state index in [2.05, 4.69) is 18.3 Å². The van der Waals surface area contributed by atoms with Crippen LogP contribution in [0.1, 0.15) is 44.2 Å². The molecule has 1 unspecified atom stereocenters. The standard InChI is InChI=1S/C12H19NO/c1-12(6-3-4-7-12)11(13-2)10-5-8-14-9-10/h5,8-9,11,13H,3-4,6-7H2,1-2H3. The highest BCUT2D eigenvalue weighted by Gasteiger charge is 2.37. The Bertz CT molecular complexity index is 273. The van der Waals surface area contributed by atoms with Crippen molar-refractivity contribution in [3.63, 3.8) is 0 Å². The minimum absolute atomic E-state index is 0.415. The van der Waals surface area contributed by atoms with Gasteiger partial charge in [-0.25, -0.2) is 0 Å². The highest BCUT2D eigenvalue weighted by Crippen LogP contribution is 2.46. The van der Waals surface area contributed by atoms with E-state index in [0.29, 0.717) is 11.5 Å². The monoisotopic (exact) mass is 193 g/mol. The number of hydrogen-bond donors (Lipinski definition) is 1. The summed E-state index contributed by atoms with van der Waals surface area (Å²) in [5, 5.41) is 3.43. The Morgan fingerprint density at radius 1 is 1.43 bits per heavy atom. The first-order chi connectivity index (χ1) is 6.76. The maximum atomic E-state index is 5.16. The minimum atomic E-state index is 0.415. The number of furan rings is 1. The van der Waals surface area contributed by atoms with Gasteiger partial charge in [-0.3, -0.25) is 0 Å². The van der Waals surface area contributed by atoms with Crippen molar-refractivity contribution in [1.29, 1.82) is 0 Å². The van der Waals surface area contributed by atoms with Gasteiger partial charge < -0.3 is 9.73 Å². The number of hydrogen-bond acceptors (Lipinski definition) is 2. The second-order valence-corrected chi connectivity index (χ2v) is 4.64. The highest BCUT2D eigenvalue weighted by molar-refractivity contribution is 5.15. The molecule has 0 bridgehead atoms. The van der Waals surface area contributed by atoms with Crippen molar-refractivity contribution in [2.45, 2.75) is 38.6 Å². The van der Waals surface area contributed by atoms with Crippen LogP contribution in [0.4, 0.5) is 0 Å². The van der Waals surface area contributed by atoms with Crippen LogP contribution in [-0.4, -0.2) is 7.05 Å². The molecule has 1 atom stereocenters. The third-order valence-electron chi connectivity index (χ3n) is 3.61. The summed E-state index contributed by atoms with van der Waals surface area (Å²) in [5.74, 6) is 0. The molecule has 1 aromatic rings. The first kappa shape index (κ1) is 9.78. The van der Waals surface area contributed by atoms with Crippen LogP contribution in [0.5, 0.6) is 0 Å². The van der Waals surface area contributed by atoms with E-state index in [1.807, 2.05) is 13.3 Å². The van der Waals surface area contributed by atoms with Crippen LogP contribution >= 0.6 is 0 Å². The fourth-order valence-corrected chi connectivity index (χ4v) is 2.83. The molecule has 78 valence electrons. The maximum Gasteiger partial charge on any atom is 0.0950 e. The summed E-state index contributed by atoms with van der Waals surface area (Å²) in [6.07, 6.45) is 9.01. The molecule has 1 saturated carbocycles. The average molecular weight is 193 g/mol. The fourth-order valence-electron chi connectivity index (χ4n) is 2.83. The minimum Gasteiger partial charge on any atom is -0.472 e. The van der Waals surface area contributed by atoms with Crippen molar-refractivity contribution in [2.24, 2.45) is 5.41 Å². The van der Waals surface area contributed by atoms with Crippen LogP contribution in [0.15, 0.2) is 23.0 Å². The molecule has 1 aliphatic rings. The van der Waals surface area contributed by atoms with Gasteiger partial charge in [-0.1, -0.05) is 19.8 Å². The molecule has 1 fully saturated rings. The summed E-state index contributed by atoms with van der Waals surface area (Å²) in [6.45, 7) is 2.38. The zero-order chi connectivity index (χ0) is 10.0. The van der Waals surface area contributed by atoms with Crippen LogP contribution in [0, 0.1) is 5.41 Å². The van der Waals surface area contributed by atoms with Gasteiger partial charge in [0.05, 0.1) is 12.5 Å². The van der Waals surface area contributed by atoms with Gasteiger partial charge in [-0.15, -0.1) is 0 Å².